The van der Waals surface area contributed by atoms with Gasteiger partial charge in [0, 0.05) is 18.0 Å². The number of benzene rings is 2. The summed E-state index contributed by atoms with van der Waals surface area (Å²) in [6, 6.07) is 12.1. The lowest BCUT2D eigenvalue weighted by Gasteiger charge is -2.32. The van der Waals surface area contributed by atoms with Crippen molar-refractivity contribution in [2.75, 3.05) is 26.6 Å². The maximum Gasteiger partial charge on any atom is 0.435 e. The smallest absolute Gasteiger partial charge is 0.435 e. The molecule has 222 valence electrons. The van der Waals surface area contributed by atoms with Crippen LogP contribution in [0.4, 0.5) is 19.0 Å². The third-order valence-electron chi connectivity index (χ3n) is 5.99. The molecule has 0 bridgehead atoms. The minimum atomic E-state index is -4.02. The highest BCUT2D eigenvalue weighted by atomic mass is 35.5. The molecule has 3 N–H and O–H groups in total. The molecular weight excluding hydrogens is 614 g/mol. The first-order chi connectivity index (χ1) is 19.4. The van der Waals surface area contributed by atoms with Gasteiger partial charge in [-0.05, 0) is 48.5 Å². The molecule has 0 amide bonds. The number of halogens is 4. The van der Waals surface area contributed by atoms with Crippen LogP contribution in [0, 0.1) is 0 Å². The van der Waals surface area contributed by atoms with E-state index in [1.165, 1.54) is 38.5 Å². The Labute approximate surface area is 241 Å². The van der Waals surface area contributed by atoms with E-state index in [-0.39, 0.29) is 22.3 Å². The van der Waals surface area contributed by atoms with Crippen molar-refractivity contribution in [1.82, 2.24) is 9.55 Å². The van der Waals surface area contributed by atoms with Gasteiger partial charge in [0.2, 0.25) is 0 Å². The van der Waals surface area contributed by atoms with Crippen molar-refractivity contribution in [2.24, 2.45) is 0 Å². The van der Waals surface area contributed by atoms with Gasteiger partial charge < -0.3 is 34.1 Å². The van der Waals surface area contributed by atoms with Gasteiger partial charge in [-0.1, -0.05) is 11.6 Å². The predicted molar refractivity (Wildman–Crippen MR) is 145 cm³/mol. The molecule has 0 radical (unpaired) electrons. The van der Waals surface area contributed by atoms with Gasteiger partial charge in [-0.15, -0.1) is 0 Å². The highest BCUT2D eigenvalue weighted by Gasteiger charge is 2.62. The summed E-state index contributed by atoms with van der Waals surface area (Å²) in [5.74, 6) is 0.898. The Hall–Kier alpha value is -3.07. The Morgan fingerprint density at radius 2 is 1.59 bits per heavy atom. The maximum absolute atomic E-state index is 15.3. The first-order valence-corrected chi connectivity index (χ1v) is 14.6. The lowest BCUT2D eigenvalue weighted by molar-refractivity contribution is -0.192. The molecule has 1 aliphatic heterocycles. The summed E-state index contributed by atoms with van der Waals surface area (Å²) in [7, 11) is 2.92. The molecule has 3 aromatic rings. The third kappa shape index (κ3) is 6.55. The number of nitrogens with two attached hydrogens (primary N) is 1. The van der Waals surface area contributed by atoms with Crippen LogP contribution in [-0.2, 0) is 21.1 Å². The second-order valence-electron chi connectivity index (χ2n) is 8.57. The zero-order chi connectivity index (χ0) is 29.9. The molecule has 11 nitrogen and oxygen atoms in total. The summed E-state index contributed by atoms with van der Waals surface area (Å²) in [5.41, 5.74) is 1.33. The molecule has 4 rings (SSSR count). The van der Waals surface area contributed by atoms with Gasteiger partial charge in [-0.25, -0.2) is 18.0 Å². The van der Waals surface area contributed by atoms with E-state index in [0.29, 0.717) is 16.1 Å². The lowest BCUT2D eigenvalue weighted by Crippen LogP contribution is -2.52. The number of anilines is 1. The van der Waals surface area contributed by atoms with Crippen molar-refractivity contribution in [2.45, 2.75) is 30.5 Å². The molecular formula is C24H24ClF3N3O8PS. The molecule has 41 heavy (non-hydrogen) atoms. The van der Waals surface area contributed by atoms with Crippen molar-refractivity contribution in [3.05, 3.63) is 70.2 Å². The molecule has 2 heterocycles. The van der Waals surface area contributed by atoms with E-state index in [1.54, 1.807) is 24.3 Å². The SMILES string of the molecule is COc1ccc(OP(=S)(OCC2(C(F)F)OC(n3cc(Cl)c(N)nc3=O)C(F)C2O)Oc2ccc(OC)cc2)cc1. The largest absolute Gasteiger partial charge is 0.497 e. The second-order valence-corrected chi connectivity index (χ2v) is 11.8. The molecule has 4 unspecified atom stereocenters. The fourth-order valence-corrected chi connectivity index (χ4v) is 5.87. The van der Waals surface area contributed by atoms with Gasteiger partial charge >= 0.3 is 12.4 Å². The van der Waals surface area contributed by atoms with Crippen LogP contribution in [0.2, 0.25) is 5.02 Å². The molecule has 0 saturated carbocycles. The van der Waals surface area contributed by atoms with Crippen LogP contribution in [0.3, 0.4) is 0 Å². The van der Waals surface area contributed by atoms with Crippen molar-refractivity contribution in [3.63, 3.8) is 0 Å². The molecule has 1 saturated heterocycles. The van der Waals surface area contributed by atoms with Gasteiger partial charge in [0.1, 0.15) is 34.9 Å². The zero-order valence-electron chi connectivity index (χ0n) is 21.4. The quantitative estimate of drug-likeness (QED) is 0.294. The van der Waals surface area contributed by atoms with Gasteiger partial charge in [0.15, 0.2) is 18.0 Å². The number of ether oxygens (including phenoxy) is 3. The number of alkyl halides is 3. The number of hydrogen-bond acceptors (Lipinski definition) is 11. The third-order valence-corrected chi connectivity index (χ3v) is 8.36. The number of aliphatic hydroxyl groups is 1. The van der Waals surface area contributed by atoms with Gasteiger partial charge in [0.05, 0.1) is 25.8 Å². The number of nitrogen functional groups attached to an aromatic ring is 1. The fourth-order valence-electron chi connectivity index (χ4n) is 3.78. The van der Waals surface area contributed by atoms with Crippen molar-refractivity contribution < 1.29 is 46.1 Å². The molecule has 1 fully saturated rings. The highest BCUT2D eigenvalue weighted by molar-refractivity contribution is 8.07. The minimum absolute atomic E-state index is 0.136. The molecule has 1 aromatic heterocycles. The molecule has 0 spiro atoms. The highest BCUT2D eigenvalue weighted by Crippen LogP contribution is 2.53. The van der Waals surface area contributed by atoms with E-state index >= 15 is 4.39 Å². The number of aliphatic hydroxyl groups excluding tert-OH is 1. The average molecular weight is 638 g/mol. The van der Waals surface area contributed by atoms with Crippen LogP contribution in [0.25, 0.3) is 0 Å². The van der Waals surface area contributed by atoms with E-state index in [2.05, 4.69) is 4.98 Å². The summed E-state index contributed by atoms with van der Waals surface area (Å²) in [6.07, 6.45) is -9.74. The van der Waals surface area contributed by atoms with Crippen LogP contribution in [-0.4, -0.2) is 59.8 Å². The first kappa shape index (κ1) is 30.9. The maximum atomic E-state index is 15.3. The fraction of sp³-hybridized carbons (Fsp3) is 0.333. The summed E-state index contributed by atoms with van der Waals surface area (Å²) in [5, 5.41) is 10.4. The standard InChI is InChI=1S/C24H24ClF3N3O8PS/c1-34-13-3-7-15(8-4-13)38-40(41,39-16-9-5-14(35-2)6-10-16)36-12-24(22(27)28)19(32)18(26)21(37-24)31-11-17(25)20(29)30-23(31)33/h3-11,18-19,21-22,32H,12H2,1-2H3,(H2,29,30,33). The summed E-state index contributed by atoms with van der Waals surface area (Å²) < 4.78 is 77.6. The Morgan fingerprint density at radius 1 is 1.10 bits per heavy atom. The number of aromatic nitrogens is 2. The Bertz CT molecular complexity index is 1420. The summed E-state index contributed by atoms with van der Waals surface area (Å²) in [4.78, 5) is 15.7. The van der Waals surface area contributed by atoms with Crippen molar-refractivity contribution >= 4 is 35.9 Å². The van der Waals surface area contributed by atoms with Crippen LogP contribution in [0.1, 0.15) is 6.23 Å². The van der Waals surface area contributed by atoms with Gasteiger partial charge in [-0.3, -0.25) is 9.09 Å². The van der Waals surface area contributed by atoms with Crippen molar-refractivity contribution in [3.8, 4) is 23.0 Å². The normalized spacial score (nSPS) is 22.5. The Morgan fingerprint density at radius 3 is 2.05 bits per heavy atom. The number of rotatable bonds is 11. The van der Waals surface area contributed by atoms with Crippen LogP contribution in [0.15, 0.2) is 59.5 Å². The zero-order valence-corrected chi connectivity index (χ0v) is 23.8. The summed E-state index contributed by atoms with van der Waals surface area (Å²) >= 11 is 11.4. The average Bonchev–Trinajstić information content (AvgIpc) is 3.21. The van der Waals surface area contributed by atoms with Crippen molar-refractivity contribution in [1.29, 1.82) is 0 Å². The molecule has 0 aliphatic carbocycles. The monoisotopic (exact) mass is 637 g/mol. The second kappa shape index (κ2) is 12.4. The number of methoxy groups -OCH3 is 2. The van der Waals surface area contributed by atoms with E-state index in [4.69, 9.17) is 56.9 Å². The predicted octanol–water partition coefficient (Wildman–Crippen LogP) is 4.13. The number of nitrogens with zero attached hydrogens (tertiary/aromatic N) is 2. The first-order valence-electron chi connectivity index (χ1n) is 11.7. The lowest BCUT2D eigenvalue weighted by atomic mass is 9.97. The van der Waals surface area contributed by atoms with Crippen LogP contribution < -0.4 is 29.9 Å². The van der Waals surface area contributed by atoms with E-state index in [9.17, 15) is 18.7 Å². The summed E-state index contributed by atoms with van der Waals surface area (Å²) in [6.45, 7) is -5.22. The molecule has 17 heteroatoms. The molecule has 2 aromatic carbocycles. The minimum Gasteiger partial charge on any atom is -0.497 e. The van der Waals surface area contributed by atoms with E-state index in [1.807, 2.05) is 0 Å². The molecule has 1 aliphatic rings. The Kier molecular flexibility index (Phi) is 9.36. The van der Waals surface area contributed by atoms with E-state index < -0.39 is 49.5 Å². The van der Waals surface area contributed by atoms with Crippen LogP contribution >= 0.6 is 18.3 Å². The van der Waals surface area contributed by atoms with Crippen LogP contribution in [0.5, 0.6) is 23.0 Å². The Balaban J connectivity index is 1.65. The van der Waals surface area contributed by atoms with Gasteiger partial charge in [0.25, 0.3) is 6.43 Å². The van der Waals surface area contributed by atoms with E-state index in [0.717, 1.165) is 6.20 Å². The van der Waals surface area contributed by atoms with Gasteiger partial charge in [-0.2, -0.15) is 4.98 Å². The number of hydrogen-bond donors (Lipinski definition) is 2. The molecule has 4 atom stereocenters. The topological polar surface area (TPSA) is 137 Å².